The zero-order chi connectivity index (χ0) is 28.7. The highest BCUT2D eigenvalue weighted by molar-refractivity contribution is 5.87. The molecule has 0 unspecified atom stereocenters. The molecule has 0 atom stereocenters. The highest BCUT2D eigenvalue weighted by Gasteiger charge is 2.20. The standard InChI is InChI=1S/C18H29NO.C13H11NO3.C3H8/c1-4-6-13-20-18-8-7-17(14-15(18)3)16-9-11-19(5-2)12-10-16;1-2-15-10-4-3-5-11-9(10)8-12(17-11)13-14-6-7-16-13;1-3-2/h7-8,14,16H,4-6,9-13H2,1-3H3;3-8H,2H2,1H3;3H2,1-2H3. The Morgan fingerprint density at radius 3 is 2.35 bits per heavy atom. The molecule has 1 aliphatic heterocycles. The van der Waals surface area contributed by atoms with Crippen molar-refractivity contribution in [2.75, 3.05) is 32.8 Å². The number of aryl methyl sites for hydroxylation is 1. The predicted octanol–water partition coefficient (Wildman–Crippen LogP) is 9.28. The molecule has 5 rings (SSSR count). The van der Waals surface area contributed by atoms with Gasteiger partial charge >= 0.3 is 0 Å². The summed E-state index contributed by atoms with van der Waals surface area (Å²) in [4.78, 5) is 6.60. The zero-order valence-corrected chi connectivity index (χ0v) is 25.4. The van der Waals surface area contributed by atoms with Crippen LogP contribution >= 0.6 is 0 Å². The number of aromatic nitrogens is 1. The molecule has 2 aromatic heterocycles. The second kappa shape index (κ2) is 16.8. The van der Waals surface area contributed by atoms with E-state index in [4.69, 9.17) is 18.3 Å². The minimum atomic E-state index is 0.476. The number of furan rings is 1. The Balaban J connectivity index is 0.000000203. The topological polar surface area (TPSA) is 60.9 Å². The van der Waals surface area contributed by atoms with Gasteiger partial charge in [-0.05, 0) is 88.0 Å². The molecule has 40 heavy (non-hydrogen) atoms. The Hall–Kier alpha value is -3.25. The SMILES string of the molecule is CCC.CCCCOc1ccc(C2CCN(CC)CC2)cc1C.CCOc1cccc2oc(-c3ncco3)cc12. The smallest absolute Gasteiger partial charge is 0.262 e. The van der Waals surface area contributed by atoms with Gasteiger partial charge in [-0.1, -0.05) is 58.7 Å². The van der Waals surface area contributed by atoms with Crippen LogP contribution in [-0.2, 0) is 0 Å². The van der Waals surface area contributed by atoms with E-state index in [9.17, 15) is 0 Å². The molecule has 0 spiro atoms. The maximum absolute atomic E-state index is 5.85. The van der Waals surface area contributed by atoms with Gasteiger partial charge in [0.25, 0.3) is 5.89 Å². The number of piperidine rings is 1. The van der Waals surface area contributed by atoms with E-state index in [0.717, 1.165) is 41.4 Å². The van der Waals surface area contributed by atoms with Crippen LogP contribution in [0.2, 0.25) is 0 Å². The first kappa shape index (κ1) is 31.3. The number of unbranched alkanes of at least 4 members (excludes halogenated alkanes) is 1. The van der Waals surface area contributed by atoms with Crippen LogP contribution in [0, 0.1) is 6.92 Å². The molecule has 0 amide bonds. The van der Waals surface area contributed by atoms with Gasteiger partial charge in [-0.2, -0.15) is 0 Å². The zero-order valence-electron chi connectivity index (χ0n) is 25.4. The second-order valence-electron chi connectivity index (χ2n) is 10.2. The van der Waals surface area contributed by atoms with Crippen molar-refractivity contribution < 1.29 is 18.3 Å². The fourth-order valence-electron chi connectivity index (χ4n) is 4.76. The summed E-state index contributed by atoms with van der Waals surface area (Å²) < 4.78 is 22.3. The number of nitrogens with zero attached hydrogens (tertiary/aromatic N) is 2. The average Bonchev–Trinajstić information content (AvgIpc) is 3.66. The van der Waals surface area contributed by atoms with Gasteiger partial charge in [-0.15, -0.1) is 0 Å². The Labute approximate surface area is 240 Å². The first-order valence-electron chi connectivity index (χ1n) is 15.0. The van der Waals surface area contributed by atoms with Crippen molar-refractivity contribution in [3.63, 3.8) is 0 Å². The normalized spacial score (nSPS) is 13.8. The van der Waals surface area contributed by atoms with Crippen molar-refractivity contribution in [3.8, 4) is 23.1 Å². The highest BCUT2D eigenvalue weighted by atomic mass is 16.5. The maximum atomic E-state index is 5.85. The van der Waals surface area contributed by atoms with E-state index in [1.54, 1.807) is 6.20 Å². The molecule has 0 N–H and O–H groups in total. The second-order valence-corrected chi connectivity index (χ2v) is 10.2. The Morgan fingerprint density at radius 1 is 0.950 bits per heavy atom. The van der Waals surface area contributed by atoms with Gasteiger partial charge in [0.15, 0.2) is 5.76 Å². The Bertz CT molecular complexity index is 1240. The molecule has 0 radical (unpaired) electrons. The summed E-state index contributed by atoms with van der Waals surface area (Å²) in [5.41, 5.74) is 3.56. The molecule has 6 heteroatoms. The molecule has 1 saturated heterocycles. The van der Waals surface area contributed by atoms with Crippen molar-refractivity contribution in [2.45, 2.75) is 79.6 Å². The van der Waals surface area contributed by atoms with Crippen LogP contribution in [0.15, 0.2) is 63.8 Å². The third kappa shape index (κ3) is 8.88. The molecule has 1 aliphatic rings. The first-order chi connectivity index (χ1) is 19.5. The summed E-state index contributed by atoms with van der Waals surface area (Å²) in [5, 5.41) is 0.933. The number of hydrogen-bond donors (Lipinski definition) is 0. The summed E-state index contributed by atoms with van der Waals surface area (Å²) in [6.07, 6.45) is 9.27. The minimum Gasteiger partial charge on any atom is -0.493 e. The van der Waals surface area contributed by atoms with Gasteiger partial charge in [-0.3, -0.25) is 0 Å². The van der Waals surface area contributed by atoms with Crippen LogP contribution < -0.4 is 9.47 Å². The van der Waals surface area contributed by atoms with Gasteiger partial charge in [0.2, 0.25) is 0 Å². The molecule has 0 bridgehead atoms. The van der Waals surface area contributed by atoms with Crippen LogP contribution in [0.5, 0.6) is 11.5 Å². The van der Waals surface area contributed by atoms with Gasteiger partial charge in [0.05, 0.1) is 24.8 Å². The fourth-order valence-corrected chi connectivity index (χ4v) is 4.76. The monoisotopic (exact) mass is 548 g/mol. The molecular formula is C34H48N2O4. The number of oxazole rings is 1. The molecule has 0 saturated carbocycles. The van der Waals surface area contributed by atoms with Crippen LogP contribution in [0.1, 0.15) is 83.8 Å². The molecule has 4 aromatic rings. The lowest BCUT2D eigenvalue weighted by Crippen LogP contribution is -2.32. The van der Waals surface area contributed by atoms with E-state index >= 15 is 0 Å². The fraction of sp³-hybridized carbons (Fsp3) is 0.500. The number of fused-ring (bicyclic) bond motifs is 1. The van der Waals surface area contributed by atoms with Gasteiger partial charge in [0.1, 0.15) is 23.3 Å². The number of ether oxygens (including phenoxy) is 2. The van der Waals surface area contributed by atoms with Gasteiger partial charge < -0.3 is 23.2 Å². The lowest BCUT2D eigenvalue weighted by Gasteiger charge is -2.31. The van der Waals surface area contributed by atoms with E-state index in [1.807, 2.05) is 31.2 Å². The van der Waals surface area contributed by atoms with E-state index in [2.05, 4.69) is 62.7 Å². The van der Waals surface area contributed by atoms with Gasteiger partial charge in [0, 0.05) is 6.07 Å². The predicted molar refractivity (Wildman–Crippen MR) is 165 cm³/mol. The number of rotatable bonds is 9. The third-order valence-electron chi connectivity index (χ3n) is 6.93. The molecule has 6 nitrogen and oxygen atoms in total. The maximum Gasteiger partial charge on any atom is 0.262 e. The average molecular weight is 549 g/mol. The van der Waals surface area contributed by atoms with Crippen LogP contribution in [0.4, 0.5) is 0 Å². The number of likely N-dealkylation sites (tertiary alicyclic amines) is 1. The summed E-state index contributed by atoms with van der Waals surface area (Å²) in [6, 6.07) is 14.4. The molecule has 1 fully saturated rings. The third-order valence-corrected chi connectivity index (χ3v) is 6.93. The summed E-state index contributed by atoms with van der Waals surface area (Å²) in [7, 11) is 0. The lowest BCUT2D eigenvalue weighted by atomic mass is 9.88. The molecule has 218 valence electrons. The number of benzene rings is 2. The van der Waals surface area contributed by atoms with E-state index in [-0.39, 0.29) is 0 Å². The van der Waals surface area contributed by atoms with Crippen molar-refractivity contribution >= 4 is 11.0 Å². The lowest BCUT2D eigenvalue weighted by molar-refractivity contribution is 0.222. The van der Waals surface area contributed by atoms with Crippen molar-refractivity contribution in [3.05, 3.63) is 66.1 Å². The Kier molecular flexibility index (Phi) is 13.1. The van der Waals surface area contributed by atoms with E-state index in [0.29, 0.717) is 18.3 Å². The summed E-state index contributed by atoms with van der Waals surface area (Å²) >= 11 is 0. The van der Waals surface area contributed by atoms with Crippen molar-refractivity contribution in [2.24, 2.45) is 0 Å². The van der Waals surface area contributed by atoms with E-state index < -0.39 is 0 Å². The number of hydrogen-bond acceptors (Lipinski definition) is 6. The minimum absolute atomic E-state index is 0.476. The first-order valence-corrected chi connectivity index (χ1v) is 15.0. The molecule has 3 heterocycles. The van der Waals surface area contributed by atoms with Crippen LogP contribution in [0.3, 0.4) is 0 Å². The summed E-state index contributed by atoms with van der Waals surface area (Å²) in [5.74, 6) is 3.70. The molecule has 0 aliphatic carbocycles. The molecule has 2 aromatic carbocycles. The van der Waals surface area contributed by atoms with Crippen molar-refractivity contribution in [1.82, 2.24) is 9.88 Å². The van der Waals surface area contributed by atoms with Crippen LogP contribution in [-0.4, -0.2) is 42.7 Å². The van der Waals surface area contributed by atoms with Crippen molar-refractivity contribution in [1.29, 1.82) is 0 Å². The molecular weight excluding hydrogens is 500 g/mol. The van der Waals surface area contributed by atoms with Crippen LogP contribution in [0.25, 0.3) is 22.6 Å². The van der Waals surface area contributed by atoms with Gasteiger partial charge in [-0.25, -0.2) is 4.98 Å². The highest BCUT2D eigenvalue weighted by Crippen LogP contribution is 2.33. The Morgan fingerprint density at radius 2 is 1.73 bits per heavy atom. The quantitative estimate of drug-likeness (QED) is 0.194. The summed E-state index contributed by atoms with van der Waals surface area (Å²) in [6.45, 7) is 18.0. The van der Waals surface area contributed by atoms with E-state index in [1.165, 1.54) is 62.7 Å². The largest absolute Gasteiger partial charge is 0.493 e.